The van der Waals surface area contributed by atoms with Gasteiger partial charge in [-0.1, -0.05) is 38.3 Å². The van der Waals surface area contributed by atoms with Crippen molar-refractivity contribution in [2.24, 2.45) is 5.92 Å². The SMILES string of the molecule is CCC(O)/C=C/C1CCCCC1. The fourth-order valence-corrected chi connectivity index (χ4v) is 1.75. The lowest BCUT2D eigenvalue weighted by molar-refractivity contribution is 0.218. The van der Waals surface area contributed by atoms with Crippen LogP contribution in [0, 0.1) is 5.92 Å². The van der Waals surface area contributed by atoms with Crippen LogP contribution >= 0.6 is 0 Å². The minimum Gasteiger partial charge on any atom is -0.389 e. The average Bonchev–Trinajstić information content (AvgIpc) is 2.16. The Morgan fingerprint density at radius 2 is 2.00 bits per heavy atom. The van der Waals surface area contributed by atoms with Crippen molar-refractivity contribution in [3.05, 3.63) is 12.2 Å². The molecule has 1 aliphatic rings. The van der Waals surface area contributed by atoms with E-state index in [9.17, 15) is 5.11 Å². The van der Waals surface area contributed by atoms with Gasteiger partial charge in [-0.05, 0) is 25.2 Å². The Morgan fingerprint density at radius 1 is 1.33 bits per heavy atom. The summed E-state index contributed by atoms with van der Waals surface area (Å²) in [5, 5.41) is 9.30. The topological polar surface area (TPSA) is 20.2 Å². The quantitative estimate of drug-likeness (QED) is 0.642. The van der Waals surface area contributed by atoms with Crippen LogP contribution < -0.4 is 0 Å². The maximum atomic E-state index is 9.30. The Labute approximate surface area is 75.5 Å². The Bertz CT molecular complexity index is 134. The van der Waals surface area contributed by atoms with Gasteiger partial charge in [0.05, 0.1) is 6.10 Å². The molecule has 1 heteroatoms. The second kappa shape index (κ2) is 5.36. The van der Waals surface area contributed by atoms with E-state index in [4.69, 9.17) is 0 Å². The van der Waals surface area contributed by atoms with Crippen molar-refractivity contribution < 1.29 is 5.11 Å². The summed E-state index contributed by atoms with van der Waals surface area (Å²) in [6.07, 6.45) is 11.6. The monoisotopic (exact) mass is 168 g/mol. The van der Waals surface area contributed by atoms with Crippen LogP contribution in [0.1, 0.15) is 45.4 Å². The van der Waals surface area contributed by atoms with Crippen molar-refractivity contribution in [2.75, 3.05) is 0 Å². The van der Waals surface area contributed by atoms with Crippen LogP contribution in [0.5, 0.6) is 0 Å². The first-order chi connectivity index (χ1) is 5.83. The first kappa shape index (κ1) is 9.79. The molecule has 70 valence electrons. The lowest BCUT2D eigenvalue weighted by Gasteiger charge is -2.18. The molecule has 12 heavy (non-hydrogen) atoms. The van der Waals surface area contributed by atoms with E-state index in [1.807, 2.05) is 13.0 Å². The van der Waals surface area contributed by atoms with E-state index in [2.05, 4.69) is 6.08 Å². The van der Waals surface area contributed by atoms with Gasteiger partial charge in [0.25, 0.3) is 0 Å². The minimum absolute atomic E-state index is 0.216. The van der Waals surface area contributed by atoms with Gasteiger partial charge in [-0.25, -0.2) is 0 Å². The van der Waals surface area contributed by atoms with Gasteiger partial charge in [0.15, 0.2) is 0 Å². The van der Waals surface area contributed by atoms with E-state index < -0.39 is 0 Å². The number of rotatable bonds is 3. The van der Waals surface area contributed by atoms with Crippen molar-refractivity contribution in [3.63, 3.8) is 0 Å². The Hall–Kier alpha value is -0.300. The Balaban J connectivity index is 2.23. The second-order valence-corrected chi connectivity index (χ2v) is 3.76. The van der Waals surface area contributed by atoms with Gasteiger partial charge in [-0.15, -0.1) is 0 Å². The summed E-state index contributed by atoms with van der Waals surface area (Å²) in [4.78, 5) is 0. The van der Waals surface area contributed by atoms with E-state index in [0.29, 0.717) is 0 Å². The zero-order chi connectivity index (χ0) is 8.81. The molecular formula is C11H20O. The second-order valence-electron chi connectivity index (χ2n) is 3.76. The summed E-state index contributed by atoms with van der Waals surface area (Å²) >= 11 is 0. The molecule has 1 rings (SSSR count). The molecule has 0 spiro atoms. The standard InChI is InChI=1S/C11H20O/c1-2-11(12)9-8-10-6-4-3-5-7-10/h8-12H,2-7H2,1H3/b9-8+. The summed E-state index contributed by atoms with van der Waals surface area (Å²) in [5.74, 6) is 0.750. The van der Waals surface area contributed by atoms with Gasteiger partial charge < -0.3 is 5.11 Å². The van der Waals surface area contributed by atoms with Gasteiger partial charge in [0, 0.05) is 0 Å². The third-order valence-corrected chi connectivity index (χ3v) is 2.67. The maximum absolute atomic E-state index is 9.30. The lowest BCUT2D eigenvalue weighted by atomic mass is 9.89. The average molecular weight is 168 g/mol. The van der Waals surface area contributed by atoms with E-state index in [-0.39, 0.29) is 6.10 Å². The lowest BCUT2D eigenvalue weighted by Crippen LogP contribution is -2.05. The first-order valence-corrected chi connectivity index (χ1v) is 5.19. The zero-order valence-corrected chi connectivity index (χ0v) is 8.00. The fraction of sp³-hybridized carbons (Fsp3) is 0.818. The molecular weight excluding hydrogens is 148 g/mol. The molecule has 1 atom stereocenters. The van der Waals surface area contributed by atoms with Gasteiger partial charge >= 0.3 is 0 Å². The summed E-state index contributed by atoms with van der Waals surface area (Å²) < 4.78 is 0. The van der Waals surface area contributed by atoms with Crippen LogP contribution in [-0.4, -0.2) is 11.2 Å². The summed E-state index contributed by atoms with van der Waals surface area (Å²) in [5.41, 5.74) is 0. The Kier molecular flexibility index (Phi) is 4.37. The van der Waals surface area contributed by atoms with Crippen LogP contribution in [0.4, 0.5) is 0 Å². The molecule has 0 bridgehead atoms. The number of aliphatic hydroxyl groups is 1. The maximum Gasteiger partial charge on any atom is 0.0718 e. The number of allylic oxidation sites excluding steroid dienone is 1. The fourth-order valence-electron chi connectivity index (χ4n) is 1.75. The van der Waals surface area contributed by atoms with Gasteiger partial charge in [0.1, 0.15) is 0 Å². The van der Waals surface area contributed by atoms with E-state index in [1.165, 1.54) is 32.1 Å². The molecule has 0 saturated heterocycles. The zero-order valence-electron chi connectivity index (χ0n) is 8.00. The van der Waals surface area contributed by atoms with Crippen LogP contribution in [0.15, 0.2) is 12.2 Å². The van der Waals surface area contributed by atoms with Crippen LogP contribution in [-0.2, 0) is 0 Å². The van der Waals surface area contributed by atoms with Gasteiger partial charge in [-0.3, -0.25) is 0 Å². The van der Waals surface area contributed by atoms with E-state index >= 15 is 0 Å². The predicted octanol–water partition coefficient (Wildman–Crippen LogP) is 2.89. The van der Waals surface area contributed by atoms with Crippen LogP contribution in [0.25, 0.3) is 0 Å². The normalized spacial score (nSPS) is 23.2. The van der Waals surface area contributed by atoms with Gasteiger partial charge in [0.2, 0.25) is 0 Å². The number of hydrogen-bond acceptors (Lipinski definition) is 1. The molecule has 1 N–H and O–H groups in total. The molecule has 1 saturated carbocycles. The molecule has 1 aliphatic carbocycles. The summed E-state index contributed by atoms with van der Waals surface area (Å²) in [6.45, 7) is 2.01. The molecule has 0 aromatic heterocycles. The number of aliphatic hydroxyl groups excluding tert-OH is 1. The largest absolute Gasteiger partial charge is 0.389 e. The number of hydrogen-bond donors (Lipinski definition) is 1. The van der Waals surface area contributed by atoms with Crippen LogP contribution in [0.3, 0.4) is 0 Å². The molecule has 1 fully saturated rings. The predicted molar refractivity (Wildman–Crippen MR) is 52.0 cm³/mol. The summed E-state index contributed by atoms with van der Waals surface area (Å²) in [6, 6.07) is 0. The van der Waals surface area contributed by atoms with E-state index in [0.717, 1.165) is 12.3 Å². The molecule has 0 amide bonds. The molecule has 0 aromatic carbocycles. The smallest absolute Gasteiger partial charge is 0.0718 e. The highest BCUT2D eigenvalue weighted by atomic mass is 16.3. The van der Waals surface area contributed by atoms with Crippen molar-refractivity contribution in [1.82, 2.24) is 0 Å². The van der Waals surface area contributed by atoms with Crippen molar-refractivity contribution in [1.29, 1.82) is 0 Å². The molecule has 1 unspecified atom stereocenters. The van der Waals surface area contributed by atoms with E-state index in [1.54, 1.807) is 0 Å². The highest BCUT2D eigenvalue weighted by Gasteiger charge is 2.09. The first-order valence-electron chi connectivity index (χ1n) is 5.19. The molecule has 0 heterocycles. The highest BCUT2D eigenvalue weighted by Crippen LogP contribution is 2.24. The Morgan fingerprint density at radius 3 is 2.58 bits per heavy atom. The third kappa shape index (κ3) is 3.40. The molecule has 0 aromatic rings. The molecule has 0 radical (unpaired) electrons. The highest BCUT2D eigenvalue weighted by molar-refractivity contribution is 4.93. The van der Waals surface area contributed by atoms with Crippen LogP contribution in [0.2, 0.25) is 0 Å². The minimum atomic E-state index is -0.216. The van der Waals surface area contributed by atoms with Crippen molar-refractivity contribution in [2.45, 2.75) is 51.6 Å². The third-order valence-electron chi connectivity index (χ3n) is 2.67. The van der Waals surface area contributed by atoms with Crippen molar-refractivity contribution >= 4 is 0 Å². The van der Waals surface area contributed by atoms with Gasteiger partial charge in [-0.2, -0.15) is 0 Å². The summed E-state index contributed by atoms with van der Waals surface area (Å²) in [7, 11) is 0. The molecule has 0 aliphatic heterocycles. The van der Waals surface area contributed by atoms with Crippen molar-refractivity contribution in [3.8, 4) is 0 Å². The molecule has 1 nitrogen and oxygen atoms in total.